The van der Waals surface area contributed by atoms with Crippen LogP contribution in [-0.2, 0) is 10.8 Å². The quantitative estimate of drug-likeness (QED) is 0.568. The predicted molar refractivity (Wildman–Crippen MR) is 94.7 cm³/mol. The van der Waals surface area contributed by atoms with E-state index in [0.29, 0.717) is 6.07 Å². The maximum Gasteiger partial charge on any atom is 0.330 e. The molecule has 27 heavy (non-hydrogen) atoms. The van der Waals surface area contributed by atoms with Crippen molar-refractivity contribution in [2.24, 2.45) is 0 Å². The number of hydrogen-bond acceptors (Lipinski definition) is 8. The maximum atomic E-state index is 12.3. The van der Waals surface area contributed by atoms with Crippen LogP contribution in [0.15, 0.2) is 30.3 Å². The van der Waals surface area contributed by atoms with Gasteiger partial charge in [0.25, 0.3) is 15.9 Å². The molecule has 1 unspecified atom stereocenters. The molecule has 0 amide bonds. The highest BCUT2D eigenvalue weighted by molar-refractivity contribution is 8.14. The molecule has 0 spiro atoms. The number of phenols is 1. The summed E-state index contributed by atoms with van der Waals surface area (Å²) in [6.45, 7) is 0. The summed E-state index contributed by atoms with van der Waals surface area (Å²) in [5, 5.41) is 27.1. The average Bonchev–Trinajstić information content (AvgIpc) is 2.62. The lowest BCUT2D eigenvalue weighted by molar-refractivity contribution is -0.385. The van der Waals surface area contributed by atoms with Crippen molar-refractivity contribution in [2.45, 2.75) is 0 Å². The molecule has 1 N–H and O–H groups in total. The molecule has 2 rings (SSSR count). The second kappa shape index (κ2) is 7.78. The highest BCUT2D eigenvalue weighted by Crippen LogP contribution is 2.41. The third-order valence-electron chi connectivity index (χ3n) is 3.21. The number of rotatable bonds is 4. The molecular weight excluding hydrogens is 427 g/mol. The number of nitro benzene ring substituents is 2. The summed E-state index contributed by atoms with van der Waals surface area (Å²) in [5.41, 5.74) is -2.18. The summed E-state index contributed by atoms with van der Waals surface area (Å²) < 4.78 is 12.2. The van der Waals surface area contributed by atoms with Crippen molar-refractivity contribution >= 4 is 55.6 Å². The standard InChI is InChI=1S/C14H6Cl2N2O8S/c15-10-8(5-9(19)12(11(10)16)18(24)25)14(21)27(26)13(20)6-1-3-7(4-2-6)17(22)23/h1-5,19H. The number of non-ortho nitro benzene ring substituents is 1. The molecule has 10 nitrogen and oxygen atoms in total. The van der Waals surface area contributed by atoms with Gasteiger partial charge in [0.05, 0.1) is 20.4 Å². The number of phenolic OH excluding ortho intramolecular Hbond substituents is 1. The second-order valence-electron chi connectivity index (χ2n) is 4.82. The van der Waals surface area contributed by atoms with Crippen molar-refractivity contribution in [1.82, 2.24) is 0 Å². The Hall–Kier alpha value is -2.89. The second-order valence-corrected chi connectivity index (χ2v) is 6.86. The Balaban J connectivity index is 2.40. The van der Waals surface area contributed by atoms with E-state index < -0.39 is 57.9 Å². The number of carbonyl (C=O) groups is 2. The minimum Gasteiger partial charge on any atom is -0.502 e. The van der Waals surface area contributed by atoms with Gasteiger partial charge in [0, 0.05) is 23.8 Å². The van der Waals surface area contributed by atoms with E-state index in [1.807, 2.05) is 0 Å². The Morgan fingerprint density at radius 3 is 2.00 bits per heavy atom. The minimum absolute atomic E-state index is 0.249. The zero-order chi connectivity index (χ0) is 20.5. The van der Waals surface area contributed by atoms with Crippen molar-refractivity contribution in [1.29, 1.82) is 0 Å². The zero-order valence-electron chi connectivity index (χ0n) is 12.8. The molecule has 13 heteroatoms. The summed E-state index contributed by atoms with van der Waals surface area (Å²) in [6, 6.07) is 4.56. The molecule has 0 aliphatic rings. The van der Waals surface area contributed by atoms with E-state index in [0.717, 1.165) is 24.3 Å². The van der Waals surface area contributed by atoms with Crippen LogP contribution in [-0.4, -0.2) is 29.4 Å². The smallest absolute Gasteiger partial charge is 0.330 e. The maximum absolute atomic E-state index is 12.3. The third-order valence-corrected chi connectivity index (χ3v) is 5.20. The van der Waals surface area contributed by atoms with Gasteiger partial charge < -0.3 is 5.11 Å². The van der Waals surface area contributed by atoms with E-state index in [1.165, 1.54) is 0 Å². The number of nitro groups is 2. The Bertz CT molecular complexity index is 1020. The van der Waals surface area contributed by atoms with Crippen LogP contribution in [0.5, 0.6) is 5.75 Å². The highest BCUT2D eigenvalue weighted by Gasteiger charge is 2.31. The van der Waals surface area contributed by atoms with Crippen LogP contribution in [0.2, 0.25) is 10.0 Å². The third kappa shape index (κ3) is 3.94. The Morgan fingerprint density at radius 1 is 0.963 bits per heavy atom. The molecule has 2 aromatic carbocycles. The van der Waals surface area contributed by atoms with Crippen molar-refractivity contribution in [3.05, 3.63) is 71.7 Å². The first-order chi connectivity index (χ1) is 12.6. The number of benzene rings is 2. The fourth-order valence-corrected chi connectivity index (χ4v) is 3.37. The molecule has 140 valence electrons. The molecule has 0 heterocycles. The molecule has 0 saturated carbocycles. The van der Waals surface area contributed by atoms with E-state index in [1.54, 1.807) is 0 Å². The highest BCUT2D eigenvalue weighted by atomic mass is 35.5. The molecule has 1 atom stereocenters. The zero-order valence-corrected chi connectivity index (χ0v) is 15.1. The topological polar surface area (TPSA) is 158 Å². The predicted octanol–water partition coefficient (Wildman–Crippen LogP) is 3.24. The van der Waals surface area contributed by atoms with Crippen LogP contribution < -0.4 is 0 Å². The fraction of sp³-hybridized carbons (Fsp3) is 0. The van der Waals surface area contributed by atoms with Crippen molar-refractivity contribution < 1.29 is 28.8 Å². The van der Waals surface area contributed by atoms with Gasteiger partial charge in [-0.1, -0.05) is 23.2 Å². The molecular formula is C14H6Cl2N2O8S. The van der Waals surface area contributed by atoms with Gasteiger partial charge in [-0.3, -0.25) is 29.8 Å². The molecule has 0 fully saturated rings. The molecule has 0 bridgehead atoms. The first-order valence-electron chi connectivity index (χ1n) is 6.66. The first kappa shape index (κ1) is 20.4. The summed E-state index contributed by atoms with van der Waals surface area (Å²) in [5.74, 6) is -1.00. The van der Waals surface area contributed by atoms with Crippen LogP contribution in [0.1, 0.15) is 20.7 Å². The summed E-state index contributed by atoms with van der Waals surface area (Å²) >= 11 is 11.4. The van der Waals surface area contributed by atoms with Gasteiger partial charge in [0.2, 0.25) is 0 Å². The first-order valence-corrected chi connectivity index (χ1v) is 8.57. The summed E-state index contributed by atoms with van der Waals surface area (Å²) in [7, 11) is -2.84. The lowest BCUT2D eigenvalue weighted by Crippen LogP contribution is -2.18. The number of carbonyl (C=O) groups excluding carboxylic acids is 2. The van der Waals surface area contributed by atoms with E-state index >= 15 is 0 Å². The van der Waals surface area contributed by atoms with Crippen LogP contribution in [0.4, 0.5) is 11.4 Å². The van der Waals surface area contributed by atoms with Crippen molar-refractivity contribution in [3.8, 4) is 5.75 Å². The summed E-state index contributed by atoms with van der Waals surface area (Å²) in [6.07, 6.45) is 0. The molecule has 0 radical (unpaired) electrons. The van der Waals surface area contributed by atoms with Crippen LogP contribution in [0, 0.1) is 20.2 Å². The van der Waals surface area contributed by atoms with Gasteiger partial charge in [-0.05, 0) is 12.1 Å². The van der Waals surface area contributed by atoms with Crippen LogP contribution in [0.25, 0.3) is 0 Å². The van der Waals surface area contributed by atoms with Crippen molar-refractivity contribution in [3.63, 3.8) is 0 Å². The molecule has 0 aromatic heterocycles. The number of hydrogen-bond donors (Lipinski definition) is 1. The Labute approximate surface area is 162 Å². The van der Waals surface area contributed by atoms with Crippen molar-refractivity contribution in [2.75, 3.05) is 0 Å². The molecule has 0 aliphatic heterocycles. The van der Waals surface area contributed by atoms with E-state index in [-0.39, 0.29) is 11.3 Å². The van der Waals surface area contributed by atoms with Gasteiger partial charge in [0.15, 0.2) is 16.5 Å². The van der Waals surface area contributed by atoms with Gasteiger partial charge in [0.1, 0.15) is 5.02 Å². The fourth-order valence-electron chi connectivity index (χ4n) is 1.94. The Morgan fingerprint density at radius 2 is 1.52 bits per heavy atom. The van der Waals surface area contributed by atoms with E-state index in [9.17, 15) is 39.1 Å². The van der Waals surface area contributed by atoms with Gasteiger partial charge >= 0.3 is 5.69 Å². The molecule has 0 saturated heterocycles. The minimum atomic E-state index is -2.84. The van der Waals surface area contributed by atoms with Crippen LogP contribution >= 0.6 is 23.2 Å². The SMILES string of the molecule is O=C(c1ccc([N+](=O)[O-])cc1)S(=O)C(=O)c1cc(O)c([N+](=O)[O-])c(Cl)c1Cl. The Kier molecular flexibility index (Phi) is 5.88. The normalized spacial score (nSPS) is 11.6. The van der Waals surface area contributed by atoms with E-state index in [4.69, 9.17) is 23.2 Å². The van der Waals surface area contributed by atoms with Gasteiger partial charge in [-0.25, -0.2) is 4.21 Å². The van der Waals surface area contributed by atoms with Gasteiger partial charge in [-0.2, -0.15) is 0 Å². The number of halogens is 2. The van der Waals surface area contributed by atoms with E-state index in [2.05, 4.69) is 0 Å². The average molecular weight is 433 g/mol. The lowest BCUT2D eigenvalue weighted by atomic mass is 10.2. The van der Waals surface area contributed by atoms with Crippen LogP contribution in [0.3, 0.4) is 0 Å². The monoisotopic (exact) mass is 432 g/mol. The number of nitrogens with zero attached hydrogens (tertiary/aromatic N) is 2. The lowest BCUT2D eigenvalue weighted by Gasteiger charge is -2.07. The summed E-state index contributed by atoms with van der Waals surface area (Å²) in [4.78, 5) is 44.1. The molecule has 0 aliphatic carbocycles. The largest absolute Gasteiger partial charge is 0.502 e. The van der Waals surface area contributed by atoms with Gasteiger partial charge in [-0.15, -0.1) is 0 Å². The number of aromatic hydroxyl groups is 1. The molecule has 2 aromatic rings.